The fourth-order valence-electron chi connectivity index (χ4n) is 4.05. The Labute approximate surface area is 164 Å². The van der Waals surface area contributed by atoms with Gasteiger partial charge in [-0.05, 0) is 37.2 Å². The van der Waals surface area contributed by atoms with Gasteiger partial charge in [0.1, 0.15) is 5.75 Å². The van der Waals surface area contributed by atoms with E-state index < -0.39 is 0 Å². The number of methoxy groups -OCH3 is 2. The maximum atomic E-state index is 9.78. The Hall–Kier alpha value is -2.93. The quantitative estimate of drug-likeness (QED) is 0.485. The van der Waals surface area contributed by atoms with Gasteiger partial charge in [-0.15, -0.1) is 0 Å². The molecule has 2 aromatic carbocycles. The summed E-state index contributed by atoms with van der Waals surface area (Å²) >= 11 is 0. The Kier molecular flexibility index (Phi) is 5.00. The van der Waals surface area contributed by atoms with Crippen LogP contribution in [0.3, 0.4) is 0 Å². The third kappa shape index (κ3) is 3.01. The number of hydrogen-bond donors (Lipinski definition) is 1. The summed E-state index contributed by atoms with van der Waals surface area (Å²) < 4.78 is 22.4. The molecule has 0 aromatic heterocycles. The van der Waals surface area contributed by atoms with Crippen LogP contribution < -0.4 is 18.9 Å². The molecule has 0 saturated carbocycles. The van der Waals surface area contributed by atoms with Gasteiger partial charge >= 0.3 is 0 Å². The molecule has 148 valence electrons. The summed E-state index contributed by atoms with van der Waals surface area (Å²) in [4.78, 5) is 2.24. The third-order valence-corrected chi connectivity index (χ3v) is 5.47. The van der Waals surface area contributed by atoms with E-state index in [1.807, 2.05) is 30.3 Å². The molecule has 2 aliphatic rings. The maximum Gasteiger partial charge on any atom is 0.231 e. The summed E-state index contributed by atoms with van der Waals surface area (Å²) in [6, 6.07) is 9.55. The van der Waals surface area contributed by atoms with Crippen LogP contribution in [-0.2, 0) is 6.42 Å². The van der Waals surface area contributed by atoms with E-state index in [0.717, 1.165) is 29.8 Å². The minimum atomic E-state index is -0.0380. The lowest BCUT2D eigenvalue weighted by Crippen LogP contribution is -2.34. The Balaban J connectivity index is 1.77. The molecular weight excluding hydrogens is 360 g/mol. The smallest absolute Gasteiger partial charge is 0.231 e. The van der Waals surface area contributed by atoms with Gasteiger partial charge in [0.2, 0.25) is 12.5 Å². The Morgan fingerprint density at radius 1 is 1.25 bits per heavy atom. The average molecular weight is 384 g/mol. The van der Waals surface area contributed by atoms with Gasteiger partial charge in [-0.25, -0.2) is 0 Å². The van der Waals surface area contributed by atoms with Gasteiger partial charge in [-0.2, -0.15) is 0 Å². The molecule has 0 amide bonds. The van der Waals surface area contributed by atoms with Crippen LogP contribution in [0.4, 0.5) is 0 Å². The molecule has 1 atom stereocenters. The van der Waals surface area contributed by atoms with Crippen LogP contribution in [0, 0.1) is 0 Å². The molecule has 1 N–H and O–H groups in total. The molecule has 0 radical (unpaired) electrons. The zero-order valence-corrected chi connectivity index (χ0v) is 16.3. The average Bonchev–Trinajstić information content (AvgIpc) is 3.20. The predicted octanol–water partition coefficient (Wildman–Crippen LogP) is 3.23. The van der Waals surface area contributed by atoms with Crippen LogP contribution in [0.25, 0.3) is 0 Å². The van der Waals surface area contributed by atoms with Gasteiger partial charge in [0.05, 0.1) is 19.9 Å². The molecule has 2 aromatic rings. The van der Waals surface area contributed by atoms with Crippen molar-refractivity contribution < 1.29 is 24.2 Å². The fourth-order valence-corrected chi connectivity index (χ4v) is 4.05. The molecule has 0 bridgehead atoms. The first-order chi connectivity index (χ1) is 13.7. The van der Waals surface area contributed by atoms with Crippen LogP contribution in [0.15, 0.2) is 35.5 Å². The van der Waals surface area contributed by atoms with Crippen LogP contribution in [0.2, 0.25) is 0 Å². The molecule has 2 aliphatic heterocycles. The van der Waals surface area contributed by atoms with E-state index in [1.54, 1.807) is 14.2 Å². The minimum absolute atomic E-state index is 0.0380. The molecule has 0 spiro atoms. The van der Waals surface area contributed by atoms with Gasteiger partial charge < -0.3 is 24.2 Å². The summed E-state index contributed by atoms with van der Waals surface area (Å²) in [5.41, 5.74) is 3.55. The standard InChI is InChI=1S/C21H24N2O5/c1-23-9-8-13-10-18-20(28-12-27-18)21(26-3)19(13)16(23)11-15(22-24)14-6-4-5-7-17(14)25-2/h4-7,10,16,24H,8-9,11-12H2,1-3H3/b22-15+/t16-/m0/s1. The van der Waals surface area contributed by atoms with Crippen molar-refractivity contribution in [3.8, 4) is 23.0 Å². The molecule has 0 unspecified atom stereocenters. The number of rotatable bonds is 5. The van der Waals surface area contributed by atoms with Crippen molar-refractivity contribution in [1.29, 1.82) is 0 Å². The van der Waals surface area contributed by atoms with Crippen molar-refractivity contribution in [2.24, 2.45) is 5.16 Å². The summed E-state index contributed by atoms with van der Waals surface area (Å²) in [6.07, 6.45) is 1.38. The van der Waals surface area contributed by atoms with Crippen molar-refractivity contribution >= 4 is 5.71 Å². The van der Waals surface area contributed by atoms with E-state index in [9.17, 15) is 5.21 Å². The second kappa shape index (κ2) is 7.59. The van der Waals surface area contributed by atoms with Crippen molar-refractivity contribution in [1.82, 2.24) is 4.90 Å². The lowest BCUT2D eigenvalue weighted by molar-refractivity contribution is 0.170. The molecule has 2 heterocycles. The third-order valence-electron chi connectivity index (χ3n) is 5.47. The van der Waals surface area contributed by atoms with Crippen molar-refractivity contribution in [3.63, 3.8) is 0 Å². The highest BCUT2D eigenvalue weighted by atomic mass is 16.7. The van der Waals surface area contributed by atoms with E-state index in [-0.39, 0.29) is 12.8 Å². The maximum absolute atomic E-state index is 9.78. The first-order valence-corrected chi connectivity index (χ1v) is 9.21. The second-order valence-electron chi connectivity index (χ2n) is 6.91. The van der Waals surface area contributed by atoms with E-state index in [4.69, 9.17) is 18.9 Å². The second-order valence-corrected chi connectivity index (χ2v) is 6.91. The number of benzene rings is 2. The highest BCUT2D eigenvalue weighted by Crippen LogP contribution is 2.50. The first-order valence-electron chi connectivity index (χ1n) is 9.21. The highest BCUT2D eigenvalue weighted by molar-refractivity contribution is 6.03. The van der Waals surface area contributed by atoms with Gasteiger partial charge in [-0.3, -0.25) is 4.90 Å². The predicted molar refractivity (Wildman–Crippen MR) is 104 cm³/mol. The zero-order valence-electron chi connectivity index (χ0n) is 16.3. The number of nitrogens with zero attached hydrogens (tertiary/aromatic N) is 2. The van der Waals surface area contributed by atoms with E-state index in [2.05, 4.69) is 17.1 Å². The highest BCUT2D eigenvalue weighted by Gasteiger charge is 2.35. The Morgan fingerprint density at radius 3 is 2.82 bits per heavy atom. The van der Waals surface area contributed by atoms with Crippen LogP contribution >= 0.6 is 0 Å². The lowest BCUT2D eigenvalue weighted by atomic mass is 9.87. The fraction of sp³-hybridized carbons (Fsp3) is 0.381. The van der Waals surface area contributed by atoms with Crippen molar-refractivity contribution in [2.75, 3.05) is 34.6 Å². The van der Waals surface area contributed by atoms with Gasteiger partial charge in [0.15, 0.2) is 11.5 Å². The number of oxime groups is 1. The number of para-hydroxylation sites is 1. The number of ether oxygens (including phenoxy) is 4. The first kappa shape index (κ1) is 18.4. The summed E-state index contributed by atoms with van der Waals surface area (Å²) in [5, 5.41) is 13.4. The van der Waals surface area contributed by atoms with Gasteiger partial charge in [-0.1, -0.05) is 17.3 Å². The lowest BCUT2D eigenvalue weighted by Gasteiger charge is -2.36. The monoisotopic (exact) mass is 384 g/mol. The van der Waals surface area contributed by atoms with Gasteiger partial charge in [0, 0.05) is 30.1 Å². The van der Waals surface area contributed by atoms with Crippen LogP contribution in [0.1, 0.15) is 29.2 Å². The molecule has 0 fully saturated rings. The van der Waals surface area contributed by atoms with Crippen LogP contribution in [0.5, 0.6) is 23.0 Å². The topological polar surface area (TPSA) is 72.8 Å². The van der Waals surface area contributed by atoms with E-state index in [1.165, 1.54) is 5.56 Å². The number of hydrogen-bond acceptors (Lipinski definition) is 7. The normalized spacial score (nSPS) is 18.7. The summed E-state index contributed by atoms with van der Waals surface area (Å²) in [7, 11) is 5.32. The molecule has 4 rings (SSSR count). The molecule has 0 saturated heterocycles. The zero-order chi connectivity index (χ0) is 19.7. The SMILES string of the molecule is COc1ccccc1/C(C[C@H]1c2c(cc3c(c2OC)OCO3)CCN1C)=N/O. The van der Waals surface area contributed by atoms with Crippen molar-refractivity contribution in [2.45, 2.75) is 18.9 Å². The summed E-state index contributed by atoms with van der Waals surface area (Å²) in [5.74, 6) is 2.73. The van der Waals surface area contributed by atoms with E-state index >= 15 is 0 Å². The van der Waals surface area contributed by atoms with Gasteiger partial charge in [0.25, 0.3) is 0 Å². The van der Waals surface area contributed by atoms with Crippen LogP contribution in [-0.4, -0.2) is 50.4 Å². The molecular formula is C21H24N2O5. The Morgan fingerprint density at radius 2 is 2.07 bits per heavy atom. The molecule has 7 nitrogen and oxygen atoms in total. The largest absolute Gasteiger partial charge is 0.496 e. The molecule has 0 aliphatic carbocycles. The van der Waals surface area contributed by atoms with E-state index in [0.29, 0.717) is 29.4 Å². The molecule has 7 heteroatoms. The number of fused-ring (bicyclic) bond motifs is 2. The minimum Gasteiger partial charge on any atom is -0.496 e. The number of likely N-dealkylation sites (N-methyl/N-ethyl adjacent to an activating group) is 1. The Bertz CT molecular complexity index is 912. The summed E-state index contributed by atoms with van der Waals surface area (Å²) in [6.45, 7) is 1.07. The molecule has 28 heavy (non-hydrogen) atoms. The van der Waals surface area contributed by atoms with Crippen molar-refractivity contribution in [3.05, 3.63) is 47.0 Å².